The van der Waals surface area contributed by atoms with Gasteiger partial charge < -0.3 is 25.3 Å². The normalized spacial score (nSPS) is 19.5. The summed E-state index contributed by atoms with van der Waals surface area (Å²) in [6, 6.07) is 2.40. The van der Waals surface area contributed by atoms with Crippen LogP contribution in [0.2, 0.25) is 0 Å². The highest BCUT2D eigenvalue weighted by molar-refractivity contribution is 5.86. The van der Waals surface area contributed by atoms with Gasteiger partial charge in [0.2, 0.25) is 5.91 Å². The summed E-state index contributed by atoms with van der Waals surface area (Å²) in [5.41, 5.74) is 2.96. The molecule has 3 rings (SSSR count). The molecule has 3 N–H and O–H groups in total. The number of rotatable bonds is 9. The summed E-state index contributed by atoms with van der Waals surface area (Å²) >= 11 is 0. The number of carbonyl (C=O) groups is 1. The van der Waals surface area contributed by atoms with Crippen LogP contribution in [0.3, 0.4) is 0 Å². The minimum atomic E-state index is -0.0421. The van der Waals surface area contributed by atoms with Crippen molar-refractivity contribution in [2.24, 2.45) is 5.92 Å². The van der Waals surface area contributed by atoms with Gasteiger partial charge in [-0.25, -0.2) is 9.97 Å². The summed E-state index contributed by atoms with van der Waals surface area (Å²) in [6.45, 7) is 4.24. The molecule has 1 fully saturated rings. The lowest BCUT2D eigenvalue weighted by Crippen LogP contribution is -2.43. The average Bonchev–Trinajstić information content (AvgIpc) is 2.94. The van der Waals surface area contributed by atoms with E-state index in [1.807, 2.05) is 32.0 Å². The van der Waals surface area contributed by atoms with Crippen LogP contribution in [-0.4, -0.2) is 72.2 Å². The Morgan fingerprint density at radius 3 is 2.96 bits per heavy atom. The molecule has 0 unspecified atom stereocenters. The minimum absolute atomic E-state index is 0.0421. The molecule has 0 radical (unpaired) electrons. The lowest BCUT2D eigenvalue weighted by atomic mass is 9.80. The summed E-state index contributed by atoms with van der Waals surface area (Å²) in [4.78, 5) is 25.7. The van der Waals surface area contributed by atoms with Gasteiger partial charge in [-0.1, -0.05) is 0 Å². The maximum Gasteiger partial charge on any atom is 0.246 e. The number of aromatic nitrogens is 3. The van der Waals surface area contributed by atoms with E-state index in [9.17, 15) is 4.79 Å². The SMILES string of the molecule is Cc1cc2ncnc(NC3CC(CNC(=O)COCCN(C)C)C3)c2[nH]1. The molecule has 0 bridgehead atoms. The van der Waals surface area contributed by atoms with Gasteiger partial charge in [0.25, 0.3) is 0 Å². The van der Waals surface area contributed by atoms with Crippen LogP contribution in [-0.2, 0) is 9.53 Å². The molecule has 26 heavy (non-hydrogen) atoms. The van der Waals surface area contributed by atoms with Crippen LogP contribution in [0.4, 0.5) is 5.82 Å². The first-order chi connectivity index (χ1) is 12.5. The Balaban J connectivity index is 1.35. The molecule has 1 saturated carbocycles. The number of H-pyrrole nitrogens is 1. The van der Waals surface area contributed by atoms with Crippen molar-refractivity contribution in [2.45, 2.75) is 25.8 Å². The van der Waals surface area contributed by atoms with Crippen LogP contribution in [0.15, 0.2) is 12.4 Å². The molecule has 0 atom stereocenters. The monoisotopic (exact) mass is 360 g/mol. The molecule has 1 aliphatic rings. The number of nitrogens with one attached hydrogen (secondary N) is 3. The minimum Gasteiger partial charge on any atom is -0.370 e. The molecule has 2 aromatic heterocycles. The molecule has 8 heteroatoms. The molecular formula is C18H28N6O2. The van der Waals surface area contributed by atoms with Gasteiger partial charge in [0.15, 0.2) is 5.82 Å². The van der Waals surface area contributed by atoms with Gasteiger partial charge in [-0.15, -0.1) is 0 Å². The summed E-state index contributed by atoms with van der Waals surface area (Å²) in [5, 5.41) is 6.43. The second-order valence-electron chi connectivity index (χ2n) is 7.27. The standard InChI is InChI=1S/C18H28N6O2/c1-12-6-15-17(22-12)18(21-11-20-15)23-14-7-13(8-14)9-19-16(25)10-26-5-4-24(2)3/h6,11,13-14,22H,4-5,7-10H2,1-3H3,(H,19,25)(H,20,21,23). The topological polar surface area (TPSA) is 95.2 Å². The molecule has 2 heterocycles. The number of hydrogen-bond donors (Lipinski definition) is 3. The number of ether oxygens (including phenoxy) is 1. The number of anilines is 1. The number of aromatic amines is 1. The fourth-order valence-corrected chi connectivity index (χ4v) is 3.11. The Morgan fingerprint density at radius 1 is 1.38 bits per heavy atom. The summed E-state index contributed by atoms with van der Waals surface area (Å²) in [7, 11) is 3.96. The van der Waals surface area contributed by atoms with Crippen LogP contribution in [0.5, 0.6) is 0 Å². The lowest BCUT2D eigenvalue weighted by Gasteiger charge is -2.36. The largest absolute Gasteiger partial charge is 0.370 e. The highest BCUT2D eigenvalue weighted by Crippen LogP contribution is 2.30. The van der Waals surface area contributed by atoms with E-state index in [0.717, 1.165) is 41.9 Å². The zero-order valence-electron chi connectivity index (χ0n) is 15.7. The van der Waals surface area contributed by atoms with E-state index in [2.05, 4.69) is 25.6 Å². The van der Waals surface area contributed by atoms with Crippen molar-refractivity contribution in [3.8, 4) is 0 Å². The average molecular weight is 360 g/mol. The molecule has 2 aromatic rings. The first-order valence-corrected chi connectivity index (χ1v) is 9.07. The number of hydrogen-bond acceptors (Lipinski definition) is 6. The smallest absolute Gasteiger partial charge is 0.246 e. The van der Waals surface area contributed by atoms with Crippen LogP contribution in [0.25, 0.3) is 11.0 Å². The third-order valence-corrected chi connectivity index (χ3v) is 4.63. The van der Waals surface area contributed by atoms with Gasteiger partial charge in [0, 0.05) is 24.8 Å². The Kier molecular flexibility index (Phi) is 6.05. The second-order valence-corrected chi connectivity index (χ2v) is 7.27. The van der Waals surface area contributed by atoms with Gasteiger partial charge in [-0.3, -0.25) is 4.79 Å². The molecule has 0 spiro atoms. The predicted molar refractivity (Wildman–Crippen MR) is 101 cm³/mol. The highest BCUT2D eigenvalue weighted by Gasteiger charge is 2.30. The molecular weight excluding hydrogens is 332 g/mol. The first kappa shape index (κ1) is 18.6. The van der Waals surface area contributed by atoms with Crippen molar-refractivity contribution >= 4 is 22.8 Å². The van der Waals surface area contributed by atoms with E-state index in [1.165, 1.54) is 0 Å². The van der Waals surface area contributed by atoms with E-state index < -0.39 is 0 Å². The zero-order chi connectivity index (χ0) is 18.5. The van der Waals surface area contributed by atoms with Gasteiger partial charge in [0.05, 0.1) is 12.1 Å². The fraction of sp³-hybridized carbons (Fsp3) is 0.611. The number of amides is 1. The predicted octanol–water partition coefficient (Wildman–Crippen LogP) is 1.15. The summed E-state index contributed by atoms with van der Waals surface area (Å²) < 4.78 is 5.35. The van der Waals surface area contributed by atoms with Crippen molar-refractivity contribution in [3.63, 3.8) is 0 Å². The Labute approximate surface area is 153 Å². The highest BCUT2D eigenvalue weighted by atomic mass is 16.5. The van der Waals surface area contributed by atoms with E-state index in [-0.39, 0.29) is 12.5 Å². The zero-order valence-corrected chi connectivity index (χ0v) is 15.7. The maximum absolute atomic E-state index is 11.8. The van der Waals surface area contributed by atoms with Crippen molar-refractivity contribution in [1.29, 1.82) is 0 Å². The van der Waals surface area contributed by atoms with Crippen LogP contribution >= 0.6 is 0 Å². The number of nitrogens with zero attached hydrogens (tertiary/aromatic N) is 3. The Hall–Kier alpha value is -2.19. The molecule has 1 amide bonds. The lowest BCUT2D eigenvalue weighted by molar-refractivity contribution is -0.126. The Morgan fingerprint density at radius 2 is 2.19 bits per heavy atom. The van der Waals surface area contributed by atoms with Crippen molar-refractivity contribution in [3.05, 3.63) is 18.1 Å². The quantitative estimate of drug-likeness (QED) is 0.581. The summed E-state index contributed by atoms with van der Waals surface area (Å²) in [5.74, 6) is 1.31. The molecule has 0 saturated heterocycles. The third kappa shape index (κ3) is 4.92. The number of likely N-dealkylation sites (N-methyl/N-ethyl adjacent to an activating group) is 1. The van der Waals surface area contributed by atoms with Crippen molar-refractivity contribution < 1.29 is 9.53 Å². The number of fused-ring (bicyclic) bond motifs is 1. The van der Waals surface area contributed by atoms with E-state index in [1.54, 1.807) is 6.33 Å². The van der Waals surface area contributed by atoms with Crippen LogP contribution < -0.4 is 10.6 Å². The van der Waals surface area contributed by atoms with Crippen molar-refractivity contribution in [2.75, 3.05) is 45.7 Å². The molecule has 8 nitrogen and oxygen atoms in total. The molecule has 1 aliphatic carbocycles. The first-order valence-electron chi connectivity index (χ1n) is 9.07. The number of aryl methyl sites for hydroxylation is 1. The third-order valence-electron chi connectivity index (χ3n) is 4.63. The molecule has 142 valence electrons. The van der Waals surface area contributed by atoms with Gasteiger partial charge in [-0.2, -0.15) is 0 Å². The second kappa shape index (κ2) is 8.46. The molecule has 0 aromatic carbocycles. The van der Waals surface area contributed by atoms with Crippen LogP contribution in [0.1, 0.15) is 18.5 Å². The van der Waals surface area contributed by atoms with Gasteiger partial charge >= 0.3 is 0 Å². The summed E-state index contributed by atoms with van der Waals surface area (Å²) in [6.07, 6.45) is 3.63. The fourth-order valence-electron chi connectivity index (χ4n) is 3.11. The van der Waals surface area contributed by atoms with Gasteiger partial charge in [-0.05, 0) is 45.8 Å². The van der Waals surface area contributed by atoms with Crippen LogP contribution in [0, 0.1) is 12.8 Å². The van der Waals surface area contributed by atoms with E-state index >= 15 is 0 Å². The van der Waals surface area contributed by atoms with E-state index in [4.69, 9.17) is 4.74 Å². The Bertz CT molecular complexity index is 738. The maximum atomic E-state index is 11.8. The van der Waals surface area contributed by atoms with E-state index in [0.29, 0.717) is 25.1 Å². The van der Waals surface area contributed by atoms with Gasteiger partial charge in [0.1, 0.15) is 18.5 Å². The molecule has 0 aliphatic heterocycles. The van der Waals surface area contributed by atoms with Crippen molar-refractivity contribution in [1.82, 2.24) is 25.2 Å². The number of carbonyl (C=O) groups excluding carboxylic acids is 1.